The summed E-state index contributed by atoms with van der Waals surface area (Å²) in [5, 5.41) is 0. The molecule has 0 fully saturated rings. The molecule has 50 valence electrons. The Morgan fingerprint density at radius 1 is 1.50 bits per heavy atom. The molecule has 5 heteroatoms. The summed E-state index contributed by atoms with van der Waals surface area (Å²) >= 11 is 0. The van der Waals surface area contributed by atoms with Crippen LogP contribution in [0.5, 0.6) is 0 Å². The Labute approximate surface area is 44.2 Å². The fourth-order valence-electron chi connectivity index (χ4n) is 0.122. The van der Waals surface area contributed by atoms with Crippen LogP contribution < -0.4 is 0 Å². The topological polar surface area (TPSA) is 18.5 Å². The van der Waals surface area contributed by atoms with E-state index in [1.165, 1.54) is 0 Å². The first-order chi connectivity index (χ1) is 3.62. The predicted octanol–water partition coefficient (Wildman–Crippen LogP) is 1.13. The van der Waals surface area contributed by atoms with Gasteiger partial charge in [0.1, 0.15) is 0 Å². The van der Waals surface area contributed by atoms with Gasteiger partial charge in [0.25, 0.3) is 0 Å². The van der Waals surface area contributed by atoms with E-state index in [-0.39, 0.29) is 0 Å². The highest BCUT2D eigenvalue weighted by Crippen LogP contribution is 2.14. The van der Waals surface area contributed by atoms with Crippen LogP contribution in [0.25, 0.3) is 0 Å². The first kappa shape index (κ1) is 7.71. The van der Waals surface area contributed by atoms with Gasteiger partial charge in [0.15, 0.2) is 6.86 Å². The molecular formula is C3H5F3O2. The van der Waals surface area contributed by atoms with E-state index < -0.39 is 13.2 Å². The lowest BCUT2D eigenvalue weighted by Crippen LogP contribution is -2.22. The van der Waals surface area contributed by atoms with Gasteiger partial charge in [-0.15, -0.1) is 8.78 Å². The molecule has 0 atom stereocenters. The average Bonchev–Trinajstić information content (AvgIpc) is 1.67. The quantitative estimate of drug-likeness (QED) is 0.533. The lowest BCUT2D eigenvalue weighted by molar-refractivity contribution is -0.391. The van der Waals surface area contributed by atoms with E-state index in [2.05, 4.69) is 9.47 Å². The van der Waals surface area contributed by atoms with Crippen LogP contribution >= 0.6 is 0 Å². The molecule has 0 aliphatic rings. The van der Waals surface area contributed by atoms with Crippen LogP contribution in [-0.2, 0) is 9.47 Å². The number of rotatable bonds is 3. The van der Waals surface area contributed by atoms with E-state index in [1.807, 2.05) is 0 Å². The first-order valence-electron chi connectivity index (χ1n) is 1.75. The van der Waals surface area contributed by atoms with Crippen molar-refractivity contribution in [1.82, 2.24) is 0 Å². The molecule has 0 aromatic rings. The zero-order valence-electron chi connectivity index (χ0n) is 4.16. The van der Waals surface area contributed by atoms with Crippen molar-refractivity contribution in [3.8, 4) is 0 Å². The van der Waals surface area contributed by atoms with Gasteiger partial charge in [-0.25, -0.2) is 4.39 Å². The molecule has 8 heavy (non-hydrogen) atoms. The number of hydrogen-bond donors (Lipinski definition) is 0. The molecule has 0 unspecified atom stereocenters. The molecule has 0 radical (unpaired) electrons. The standard InChI is InChI=1S/C3H5F3O2/c1-7-3(5,6)8-2-4/h2H2,1H3. The molecule has 0 N–H and O–H groups in total. The van der Waals surface area contributed by atoms with Crippen LogP contribution in [0.1, 0.15) is 0 Å². The SMILES string of the molecule is COC(F)(F)OCF. The monoisotopic (exact) mass is 130 g/mol. The van der Waals surface area contributed by atoms with Gasteiger partial charge in [-0.1, -0.05) is 0 Å². The Morgan fingerprint density at radius 2 is 2.00 bits per heavy atom. The first-order valence-corrected chi connectivity index (χ1v) is 1.75. The molecule has 0 aromatic heterocycles. The normalized spacial score (nSPS) is 12.0. The molecule has 0 heterocycles. The fraction of sp³-hybridized carbons (Fsp3) is 1.00. The Bertz CT molecular complexity index is 65.5. The highest BCUT2D eigenvalue weighted by atomic mass is 19.3. The van der Waals surface area contributed by atoms with Gasteiger partial charge in [-0.05, 0) is 0 Å². The summed E-state index contributed by atoms with van der Waals surface area (Å²) in [6.07, 6.45) is -3.78. The maximum absolute atomic E-state index is 11.5. The summed E-state index contributed by atoms with van der Waals surface area (Å²) < 4.78 is 40.4. The number of hydrogen-bond acceptors (Lipinski definition) is 2. The fourth-order valence-corrected chi connectivity index (χ4v) is 0.122. The van der Waals surface area contributed by atoms with Crippen molar-refractivity contribution < 1.29 is 22.6 Å². The smallest absolute Gasteiger partial charge is 0.299 e. The molecule has 0 spiro atoms. The molecule has 2 nitrogen and oxygen atoms in total. The molecule has 0 aliphatic heterocycles. The number of ether oxygens (including phenoxy) is 2. The summed E-state index contributed by atoms with van der Waals surface area (Å²) in [7, 11) is 0.718. The molecule has 0 saturated heterocycles. The lowest BCUT2D eigenvalue weighted by atomic mass is 11.2. The largest absolute Gasteiger partial charge is 0.487 e. The summed E-state index contributed by atoms with van der Waals surface area (Å²) in [5.41, 5.74) is 0. The van der Waals surface area contributed by atoms with E-state index in [0.717, 1.165) is 7.11 Å². The summed E-state index contributed by atoms with van der Waals surface area (Å²) in [6, 6.07) is 0. The highest BCUT2D eigenvalue weighted by molar-refractivity contribution is 4.22. The Hall–Kier alpha value is -0.290. The maximum atomic E-state index is 11.5. The number of alkyl halides is 3. The third kappa shape index (κ3) is 2.81. The van der Waals surface area contributed by atoms with Gasteiger partial charge in [-0.2, -0.15) is 0 Å². The van der Waals surface area contributed by atoms with E-state index in [4.69, 9.17) is 0 Å². The van der Waals surface area contributed by atoms with Crippen molar-refractivity contribution in [2.75, 3.05) is 14.0 Å². The van der Waals surface area contributed by atoms with Gasteiger partial charge >= 0.3 is 6.29 Å². The van der Waals surface area contributed by atoms with Crippen molar-refractivity contribution in [2.45, 2.75) is 6.29 Å². The molecule has 0 amide bonds. The lowest BCUT2D eigenvalue weighted by Gasteiger charge is -2.09. The van der Waals surface area contributed by atoms with E-state index >= 15 is 0 Å². The van der Waals surface area contributed by atoms with Crippen LogP contribution in [0.3, 0.4) is 0 Å². The number of halogens is 3. The second-order valence-electron chi connectivity index (χ2n) is 0.921. The molecular weight excluding hydrogens is 125 g/mol. The van der Waals surface area contributed by atoms with Crippen molar-refractivity contribution in [2.24, 2.45) is 0 Å². The molecule has 0 saturated carbocycles. The Balaban J connectivity index is 3.37. The minimum Gasteiger partial charge on any atom is -0.299 e. The maximum Gasteiger partial charge on any atom is 0.487 e. The van der Waals surface area contributed by atoms with Gasteiger partial charge in [-0.3, -0.25) is 9.47 Å². The second kappa shape index (κ2) is 2.88. The van der Waals surface area contributed by atoms with E-state index in [9.17, 15) is 13.2 Å². The third-order valence-corrected chi connectivity index (χ3v) is 0.460. The third-order valence-electron chi connectivity index (χ3n) is 0.460. The van der Waals surface area contributed by atoms with Crippen LogP contribution in [0.4, 0.5) is 13.2 Å². The van der Waals surface area contributed by atoms with Crippen molar-refractivity contribution >= 4 is 0 Å². The van der Waals surface area contributed by atoms with Gasteiger partial charge in [0, 0.05) is 7.11 Å². The Morgan fingerprint density at radius 3 is 2.12 bits per heavy atom. The van der Waals surface area contributed by atoms with Gasteiger partial charge < -0.3 is 0 Å². The van der Waals surface area contributed by atoms with E-state index in [0.29, 0.717) is 0 Å². The van der Waals surface area contributed by atoms with Crippen molar-refractivity contribution in [3.63, 3.8) is 0 Å². The van der Waals surface area contributed by atoms with Crippen molar-refractivity contribution in [3.05, 3.63) is 0 Å². The number of methoxy groups -OCH3 is 1. The minimum atomic E-state index is -3.78. The summed E-state index contributed by atoms with van der Waals surface area (Å²) in [6.45, 7) is -1.55. The summed E-state index contributed by atoms with van der Waals surface area (Å²) in [5.74, 6) is 0. The van der Waals surface area contributed by atoms with Gasteiger partial charge in [0.05, 0.1) is 0 Å². The predicted molar refractivity (Wildman–Crippen MR) is 19.0 cm³/mol. The Kier molecular flexibility index (Phi) is 2.78. The van der Waals surface area contributed by atoms with Crippen LogP contribution in [-0.4, -0.2) is 20.3 Å². The zero-order chi connectivity index (χ0) is 6.62. The molecule has 0 aliphatic carbocycles. The molecule has 0 aromatic carbocycles. The van der Waals surface area contributed by atoms with Crippen LogP contribution in [0.2, 0.25) is 0 Å². The molecule has 0 bridgehead atoms. The van der Waals surface area contributed by atoms with Crippen LogP contribution in [0.15, 0.2) is 0 Å². The van der Waals surface area contributed by atoms with Gasteiger partial charge in [0.2, 0.25) is 0 Å². The van der Waals surface area contributed by atoms with Crippen molar-refractivity contribution in [1.29, 1.82) is 0 Å². The summed E-state index contributed by atoms with van der Waals surface area (Å²) in [4.78, 5) is 0. The van der Waals surface area contributed by atoms with E-state index in [1.54, 1.807) is 0 Å². The van der Waals surface area contributed by atoms with Crippen LogP contribution in [0, 0.1) is 0 Å². The minimum absolute atomic E-state index is 0.718. The average molecular weight is 130 g/mol. The highest BCUT2D eigenvalue weighted by Gasteiger charge is 2.29. The second-order valence-corrected chi connectivity index (χ2v) is 0.921. The molecule has 0 rings (SSSR count). The zero-order valence-corrected chi connectivity index (χ0v) is 4.16.